The van der Waals surface area contributed by atoms with E-state index in [1.165, 1.54) is 57.5 Å². The largest absolute Gasteiger partial charge is 0.341 e. The molecule has 0 N–H and O–H groups in total. The number of aryl methyl sites for hydroxylation is 3. The molecule has 1 fully saturated rings. The van der Waals surface area contributed by atoms with Gasteiger partial charge in [0, 0.05) is 51.9 Å². The number of fused-ring (bicyclic) bond motifs is 3. The van der Waals surface area contributed by atoms with Crippen LogP contribution in [0.5, 0.6) is 0 Å². The summed E-state index contributed by atoms with van der Waals surface area (Å²) in [5.41, 5.74) is 6.42. The first-order valence-electron chi connectivity index (χ1n) is 13.2. The summed E-state index contributed by atoms with van der Waals surface area (Å²) in [5, 5.41) is 4.14. The van der Waals surface area contributed by atoms with E-state index in [9.17, 15) is 0 Å². The number of hydrogen-bond acceptors (Lipinski definition) is 1. The van der Waals surface area contributed by atoms with Gasteiger partial charge in [-0.1, -0.05) is 51.5 Å². The van der Waals surface area contributed by atoms with E-state index in [4.69, 9.17) is 4.74 Å². The molecule has 184 valence electrons. The lowest BCUT2D eigenvalue weighted by atomic mass is 10.1. The summed E-state index contributed by atoms with van der Waals surface area (Å²) >= 11 is 0. The lowest BCUT2D eigenvalue weighted by Gasteiger charge is -2.47. The van der Waals surface area contributed by atoms with Gasteiger partial charge >= 0.3 is 0 Å². The standard InChI is InChI=1S/C31H40N3P/c1-7-34-29-14-10-9-13-27(29)28-22-26(17-18-30(28)34)35(31(4,5)6,33-19-11-8-12-20-33)32-25-16-15-23(2)24(3)21-25/h9-10,13-18,21-22H,7-8,11-12,19-20H2,1-6H3/t35-/m0/s1. The van der Waals surface area contributed by atoms with Crippen molar-refractivity contribution in [3.05, 3.63) is 71.8 Å². The number of piperidine rings is 1. The minimum atomic E-state index is -2.10. The van der Waals surface area contributed by atoms with Crippen molar-refractivity contribution >= 4 is 40.0 Å². The van der Waals surface area contributed by atoms with Crippen molar-refractivity contribution in [3.8, 4) is 0 Å². The Morgan fingerprint density at radius 2 is 1.51 bits per heavy atom. The molecule has 0 saturated carbocycles. The van der Waals surface area contributed by atoms with E-state index in [2.05, 4.69) is 111 Å². The van der Waals surface area contributed by atoms with Crippen LogP contribution in [0.15, 0.2) is 65.4 Å². The second-order valence-corrected chi connectivity index (χ2v) is 14.9. The predicted octanol–water partition coefficient (Wildman–Crippen LogP) is 8.79. The molecule has 35 heavy (non-hydrogen) atoms. The van der Waals surface area contributed by atoms with Crippen molar-refractivity contribution in [3.63, 3.8) is 0 Å². The van der Waals surface area contributed by atoms with Gasteiger partial charge in [0.05, 0.1) is 12.9 Å². The zero-order valence-electron chi connectivity index (χ0n) is 22.3. The smallest absolute Gasteiger partial charge is 0.0720 e. The van der Waals surface area contributed by atoms with Gasteiger partial charge in [-0.15, -0.1) is 0 Å². The molecule has 0 amide bonds. The van der Waals surface area contributed by atoms with Gasteiger partial charge in [0.15, 0.2) is 0 Å². The maximum absolute atomic E-state index is 5.80. The Morgan fingerprint density at radius 1 is 0.800 bits per heavy atom. The highest BCUT2D eigenvalue weighted by Gasteiger charge is 2.41. The highest BCUT2D eigenvalue weighted by Crippen LogP contribution is 2.65. The first kappa shape index (κ1) is 24.3. The Bertz CT molecular complexity index is 1430. The zero-order chi connectivity index (χ0) is 24.8. The van der Waals surface area contributed by atoms with Gasteiger partial charge in [-0.3, -0.25) is 4.67 Å². The molecule has 3 nitrogen and oxygen atoms in total. The quantitative estimate of drug-likeness (QED) is 0.265. The third-order valence-corrected chi connectivity index (χ3v) is 12.5. The molecule has 0 bridgehead atoms. The van der Waals surface area contributed by atoms with Crippen LogP contribution in [0.2, 0.25) is 0 Å². The van der Waals surface area contributed by atoms with E-state index in [0.717, 1.165) is 25.3 Å². The van der Waals surface area contributed by atoms with Crippen molar-refractivity contribution in [1.29, 1.82) is 0 Å². The Hall–Kier alpha value is -2.35. The minimum Gasteiger partial charge on any atom is -0.341 e. The van der Waals surface area contributed by atoms with Crippen LogP contribution < -0.4 is 5.30 Å². The number of para-hydroxylation sites is 1. The van der Waals surface area contributed by atoms with Crippen molar-refractivity contribution in [1.82, 2.24) is 9.24 Å². The second kappa shape index (κ2) is 9.26. The molecule has 2 heterocycles. The summed E-state index contributed by atoms with van der Waals surface area (Å²) < 4.78 is 11.0. The summed E-state index contributed by atoms with van der Waals surface area (Å²) in [7, 11) is -2.10. The van der Waals surface area contributed by atoms with Crippen molar-refractivity contribution in [2.45, 2.75) is 72.5 Å². The predicted molar refractivity (Wildman–Crippen MR) is 155 cm³/mol. The van der Waals surface area contributed by atoms with Crippen LogP contribution in [0, 0.1) is 13.8 Å². The van der Waals surface area contributed by atoms with Gasteiger partial charge in [0.2, 0.25) is 0 Å². The Morgan fingerprint density at radius 3 is 2.20 bits per heavy atom. The molecule has 1 atom stereocenters. The Balaban J connectivity index is 1.85. The SMILES string of the molecule is CCn1c2ccccc2c2cc([P@](=Nc3ccc(C)c(C)c3)(N3CCCCC3)C(C)(C)C)ccc21. The molecule has 1 aliphatic rings. The third kappa shape index (κ3) is 4.07. The maximum Gasteiger partial charge on any atom is 0.0720 e. The van der Waals surface area contributed by atoms with Gasteiger partial charge in [0.1, 0.15) is 0 Å². The van der Waals surface area contributed by atoms with Gasteiger partial charge in [-0.05, 0) is 81.1 Å². The number of hydrogen-bond donors (Lipinski definition) is 0. The van der Waals surface area contributed by atoms with E-state index in [1.54, 1.807) is 0 Å². The molecule has 1 aliphatic heterocycles. The van der Waals surface area contributed by atoms with Gasteiger partial charge in [-0.2, -0.15) is 0 Å². The van der Waals surface area contributed by atoms with Gasteiger partial charge in [0.25, 0.3) is 0 Å². The van der Waals surface area contributed by atoms with Crippen LogP contribution in [-0.4, -0.2) is 27.5 Å². The normalized spacial score (nSPS) is 17.1. The summed E-state index contributed by atoms with van der Waals surface area (Å²) in [6.45, 7) is 17.1. The van der Waals surface area contributed by atoms with Crippen molar-refractivity contribution < 1.29 is 0 Å². The molecule has 0 aliphatic carbocycles. The molecule has 4 aromatic rings. The number of aromatic nitrogens is 1. The van der Waals surface area contributed by atoms with E-state index in [1.807, 2.05) is 0 Å². The molecular formula is C31H40N3P. The maximum atomic E-state index is 5.80. The molecule has 0 radical (unpaired) electrons. The summed E-state index contributed by atoms with van der Waals surface area (Å²) in [5.74, 6) is 0. The first-order valence-corrected chi connectivity index (χ1v) is 14.9. The van der Waals surface area contributed by atoms with Crippen molar-refractivity contribution in [2.75, 3.05) is 13.1 Å². The molecular weight excluding hydrogens is 445 g/mol. The monoisotopic (exact) mass is 485 g/mol. The Labute approximate surface area is 211 Å². The third-order valence-electron chi connectivity index (χ3n) is 7.86. The molecule has 0 unspecified atom stereocenters. The molecule has 5 rings (SSSR count). The summed E-state index contributed by atoms with van der Waals surface area (Å²) in [6, 6.07) is 22.9. The second-order valence-electron chi connectivity index (χ2n) is 11.1. The fraction of sp³-hybridized carbons (Fsp3) is 0.419. The molecule has 4 heteroatoms. The molecule has 1 aromatic heterocycles. The lowest BCUT2D eigenvalue weighted by molar-refractivity contribution is 0.361. The van der Waals surface area contributed by atoms with E-state index >= 15 is 0 Å². The number of rotatable bonds is 4. The summed E-state index contributed by atoms with van der Waals surface area (Å²) in [6.07, 6.45) is 3.85. The average molecular weight is 486 g/mol. The number of nitrogens with zero attached hydrogens (tertiary/aromatic N) is 3. The highest BCUT2D eigenvalue weighted by atomic mass is 31.2. The van der Waals surface area contributed by atoms with Crippen LogP contribution in [0.3, 0.4) is 0 Å². The fourth-order valence-corrected chi connectivity index (χ4v) is 10.3. The highest BCUT2D eigenvalue weighted by molar-refractivity contribution is 7.73. The molecule has 0 spiro atoms. The van der Waals surface area contributed by atoms with Gasteiger partial charge in [-0.25, -0.2) is 4.74 Å². The molecule has 3 aromatic carbocycles. The molecule has 1 saturated heterocycles. The fourth-order valence-electron chi connectivity index (χ4n) is 5.94. The van der Waals surface area contributed by atoms with Crippen molar-refractivity contribution in [2.24, 2.45) is 4.74 Å². The zero-order valence-corrected chi connectivity index (χ0v) is 23.2. The first-order chi connectivity index (χ1) is 16.8. The van der Waals surface area contributed by atoms with Crippen LogP contribution in [-0.2, 0) is 6.54 Å². The topological polar surface area (TPSA) is 20.5 Å². The lowest BCUT2D eigenvalue weighted by Crippen LogP contribution is -2.39. The van der Waals surface area contributed by atoms with E-state index < -0.39 is 7.21 Å². The summed E-state index contributed by atoms with van der Waals surface area (Å²) in [4.78, 5) is 0. The minimum absolute atomic E-state index is 0.0138. The Kier molecular flexibility index (Phi) is 6.45. The van der Waals surface area contributed by atoms with Crippen LogP contribution in [0.4, 0.5) is 5.69 Å². The number of benzene rings is 3. The van der Waals surface area contributed by atoms with Crippen LogP contribution >= 0.6 is 7.21 Å². The van der Waals surface area contributed by atoms with Crippen LogP contribution in [0.25, 0.3) is 21.8 Å². The van der Waals surface area contributed by atoms with Gasteiger partial charge < -0.3 is 4.57 Å². The van der Waals surface area contributed by atoms with E-state index in [0.29, 0.717) is 0 Å². The van der Waals surface area contributed by atoms with E-state index in [-0.39, 0.29) is 5.16 Å². The van der Waals surface area contributed by atoms with Crippen LogP contribution in [0.1, 0.15) is 58.1 Å². The average Bonchev–Trinajstić information content (AvgIpc) is 3.17.